The van der Waals surface area contributed by atoms with Gasteiger partial charge >= 0.3 is 0 Å². The molecule has 0 heterocycles. The summed E-state index contributed by atoms with van der Waals surface area (Å²) in [5.74, 6) is 0. The first kappa shape index (κ1) is 13.7. The summed E-state index contributed by atoms with van der Waals surface area (Å²) < 4.78 is 0. The number of nitrogens with zero attached hydrogens (tertiary/aromatic N) is 1. The van der Waals surface area contributed by atoms with Gasteiger partial charge in [0.25, 0.3) is 0 Å². The number of carbonyl (C=O) groups is 1. The molecular formula is C17H16N2O. The van der Waals surface area contributed by atoms with Gasteiger partial charge in [0.2, 0.25) is 0 Å². The Morgan fingerprint density at radius 1 is 1.30 bits per heavy atom. The molecule has 0 fully saturated rings. The summed E-state index contributed by atoms with van der Waals surface area (Å²) >= 11 is 0. The van der Waals surface area contributed by atoms with E-state index in [9.17, 15) is 4.79 Å². The molecule has 100 valence electrons. The topological polar surface area (TPSA) is 55.5 Å². The second-order valence-electron chi connectivity index (χ2n) is 4.32. The number of allylic oxidation sites excluding steroid dienone is 2. The Morgan fingerprint density at radius 3 is 2.75 bits per heavy atom. The van der Waals surface area contributed by atoms with Crippen LogP contribution in [0.25, 0.3) is 16.3 Å². The van der Waals surface area contributed by atoms with Crippen molar-refractivity contribution in [3.05, 3.63) is 60.3 Å². The Labute approximate surface area is 118 Å². The minimum absolute atomic E-state index is 0.496. The largest absolute Gasteiger partial charge is 0.398 e. The van der Waals surface area contributed by atoms with E-state index in [0.717, 1.165) is 28.2 Å². The van der Waals surface area contributed by atoms with E-state index in [1.54, 1.807) is 24.6 Å². The van der Waals surface area contributed by atoms with E-state index in [2.05, 4.69) is 11.6 Å². The maximum absolute atomic E-state index is 11.1. The van der Waals surface area contributed by atoms with E-state index in [4.69, 9.17) is 5.73 Å². The standard InChI is InChI=1S/C17H16N2O/c1-3-12(10-19-4-2)13-5-7-15-14(9-13)6-8-17(18)16(15)11-20/h3-11H,1,18H2,2H3/b12-10+,19-4?. The molecule has 0 aliphatic carbocycles. The van der Waals surface area contributed by atoms with E-state index in [1.807, 2.05) is 31.2 Å². The normalized spacial score (nSPS) is 11.9. The molecule has 0 saturated carbocycles. The number of hydrogen-bond donors (Lipinski definition) is 1. The van der Waals surface area contributed by atoms with Crippen LogP contribution in [0.3, 0.4) is 0 Å². The van der Waals surface area contributed by atoms with Crippen molar-refractivity contribution in [3.8, 4) is 0 Å². The number of nitrogens with two attached hydrogens (primary N) is 1. The minimum Gasteiger partial charge on any atom is -0.398 e. The zero-order valence-corrected chi connectivity index (χ0v) is 11.3. The molecular weight excluding hydrogens is 248 g/mol. The third-order valence-electron chi connectivity index (χ3n) is 3.13. The van der Waals surface area contributed by atoms with E-state index in [-0.39, 0.29) is 0 Å². The van der Waals surface area contributed by atoms with Gasteiger partial charge in [-0.1, -0.05) is 30.9 Å². The Bertz CT molecular complexity index is 727. The first-order valence-electron chi connectivity index (χ1n) is 6.29. The summed E-state index contributed by atoms with van der Waals surface area (Å²) in [7, 11) is 0. The number of nitrogen functional groups attached to an aromatic ring is 1. The van der Waals surface area contributed by atoms with E-state index in [0.29, 0.717) is 11.3 Å². The van der Waals surface area contributed by atoms with E-state index < -0.39 is 0 Å². The van der Waals surface area contributed by atoms with Gasteiger partial charge in [0.15, 0.2) is 6.29 Å². The fraction of sp³-hybridized carbons (Fsp3) is 0.0588. The number of benzene rings is 2. The van der Waals surface area contributed by atoms with Crippen molar-refractivity contribution in [2.45, 2.75) is 6.92 Å². The maximum Gasteiger partial charge on any atom is 0.152 e. The number of carbonyl (C=O) groups excluding carboxylic acids is 1. The Hall–Kier alpha value is -2.68. The Balaban J connectivity index is 2.63. The van der Waals surface area contributed by atoms with Gasteiger partial charge in [-0.15, -0.1) is 0 Å². The molecule has 0 aromatic heterocycles. The molecule has 0 amide bonds. The molecule has 3 nitrogen and oxygen atoms in total. The monoisotopic (exact) mass is 264 g/mol. The van der Waals surface area contributed by atoms with Crippen LogP contribution >= 0.6 is 0 Å². The molecule has 20 heavy (non-hydrogen) atoms. The van der Waals surface area contributed by atoms with Crippen LogP contribution in [-0.4, -0.2) is 12.5 Å². The highest BCUT2D eigenvalue weighted by atomic mass is 16.1. The van der Waals surface area contributed by atoms with Crippen LogP contribution in [0.4, 0.5) is 5.69 Å². The lowest BCUT2D eigenvalue weighted by Gasteiger charge is -2.07. The van der Waals surface area contributed by atoms with Crippen molar-refractivity contribution in [2.24, 2.45) is 4.99 Å². The van der Waals surface area contributed by atoms with Gasteiger partial charge in [0.05, 0.1) is 0 Å². The van der Waals surface area contributed by atoms with Crippen LogP contribution in [0.15, 0.2) is 54.2 Å². The second kappa shape index (κ2) is 5.97. The highest BCUT2D eigenvalue weighted by molar-refractivity contribution is 6.04. The molecule has 2 N–H and O–H groups in total. The van der Waals surface area contributed by atoms with Gasteiger partial charge in [-0.2, -0.15) is 0 Å². The van der Waals surface area contributed by atoms with E-state index in [1.165, 1.54) is 0 Å². The Morgan fingerprint density at radius 2 is 2.10 bits per heavy atom. The first-order valence-corrected chi connectivity index (χ1v) is 6.29. The van der Waals surface area contributed by atoms with Crippen molar-refractivity contribution in [1.82, 2.24) is 0 Å². The molecule has 2 aromatic carbocycles. The van der Waals surface area contributed by atoms with Gasteiger partial charge in [-0.3, -0.25) is 9.79 Å². The lowest BCUT2D eigenvalue weighted by molar-refractivity contribution is 0.112. The van der Waals surface area contributed by atoms with Crippen LogP contribution in [0, 0.1) is 0 Å². The number of aldehydes is 1. The number of anilines is 1. The average Bonchev–Trinajstić information content (AvgIpc) is 2.48. The molecule has 3 heteroatoms. The fourth-order valence-electron chi connectivity index (χ4n) is 2.08. The average molecular weight is 264 g/mol. The molecule has 0 saturated heterocycles. The highest BCUT2D eigenvalue weighted by Crippen LogP contribution is 2.26. The zero-order valence-electron chi connectivity index (χ0n) is 11.3. The predicted octanol–water partition coefficient (Wildman–Crippen LogP) is 3.85. The summed E-state index contributed by atoms with van der Waals surface area (Å²) in [6, 6.07) is 9.49. The summed E-state index contributed by atoms with van der Waals surface area (Å²) in [6.45, 7) is 5.66. The second-order valence-corrected chi connectivity index (χ2v) is 4.32. The summed E-state index contributed by atoms with van der Waals surface area (Å²) in [6.07, 6.45) is 6.02. The van der Waals surface area contributed by atoms with Gasteiger partial charge in [0, 0.05) is 23.7 Å². The maximum atomic E-state index is 11.1. The smallest absolute Gasteiger partial charge is 0.152 e. The minimum atomic E-state index is 0.496. The number of fused-ring (bicyclic) bond motifs is 1. The molecule has 0 spiro atoms. The SMILES string of the molecule is C=C/C(=C\N=CC)c1ccc2c(C=O)c(N)ccc2c1. The fourth-order valence-corrected chi connectivity index (χ4v) is 2.08. The summed E-state index contributed by atoms with van der Waals surface area (Å²) in [5.41, 5.74) is 8.76. The molecule has 0 unspecified atom stereocenters. The number of rotatable bonds is 4. The highest BCUT2D eigenvalue weighted by Gasteiger charge is 2.06. The molecule has 0 aliphatic heterocycles. The predicted molar refractivity (Wildman–Crippen MR) is 86.1 cm³/mol. The van der Waals surface area contributed by atoms with Gasteiger partial charge in [0.1, 0.15) is 0 Å². The molecule has 2 rings (SSSR count). The van der Waals surface area contributed by atoms with Crippen molar-refractivity contribution in [1.29, 1.82) is 0 Å². The van der Waals surface area contributed by atoms with Gasteiger partial charge in [-0.25, -0.2) is 0 Å². The third-order valence-corrected chi connectivity index (χ3v) is 3.13. The molecule has 2 aromatic rings. The van der Waals surface area contributed by atoms with Crippen LogP contribution < -0.4 is 5.73 Å². The van der Waals surface area contributed by atoms with Crippen LogP contribution in [0.5, 0.6) is 0 Å². The van der Waals surface area contributed by atoms with Gasteiger partial charge < -0.3 is 5.73 Å². The van der Waals surface area contributed by atoms with E-state index >= 15 is 0 Å². The van der Waals surface area contributed by atoms with Crippen molar-refractivity contribution >= 4 is 34.5 Å². The Kier molecular flexibility index (Phi) is 4.11. The number of hydrogen-bond acceptors (Lipinski definition) is 3. The van der Waals surface area contributed by atoms with Crippen molar-refractivity contribution in [3.63, 3.8) is 0 Å². The lowest BCUT2D eigenvalue weighted by Crippen LogP contribution is -1.94. The van der Waals surface area contributed by atoms with Crippen LogP contribution in [0.1, 0.15) is 22.8 Å². The quantitative estimate of drug-likeness (QED) is 0.394. The molecule has 0 aliphatic rings. The molecule has 0 radical (unpaired) electrons. The first-order chi connectivity index (χ1) is 9.71. The summed E-state index contributed by atoms with van der Waals surface area (Å²) in [5, 5.41) is 1.82. The van der Waals surface area contributed by atoms with Crippen molar-refractivity contribution in [2.75, 3.05) is 5.73 Å². The number of aliphatic imine (C=N–C) groups is 1. The molecule has 0 bridgehead atoms. The summed E-state index contributed by atoms with van der Waals surface area (Å²) in [4.78, 5) is 15.2. The van der Waals surface area contributed by atoms with Crippen molar-refractivity contribution < 1.29 is 4.79 Å². The molecule has 0 atom stereocenters. The zero-order chi connectivity index (χ0) is 14.5. The lowest BCUT2D eigenvalue weighted by atomic mass is 9.98. The third kappa shape index (κ3) is 2.52. The van der Waals surface area contributed by atoms with Gasteiger partial charge in [-0.05, 0) is 41.0 Å². The van der Waals surface area contributed by atoms with Crippen LogP contribution in [-0.2, 0) is 0 Å². The van der Waals surface area contributed by atoms with Crippen LogP contribution in [0.2, 0.25) is 0 Å².